The van der Waals surface area contributed by atoms with Gasteiger partial charge < -0.3 is 19.7 Å². The Balaban J connectivity index is 1.35. The highest BCUT2D eigenvalue weighted by atomic mass is 16.5. The predicted octanol–water partition coefficient (Wildman–Crippen LogP) is 3.90. The molecule has 2 aromatic rings. The Bertz CT molecular complexity index is 920. The molecule has 0 radical (unpaired) electrons. The van der Waals surface area contributed by atoms with E-state index in [4.69, 9.17) is 9.47 Å². The van der Waals surface area contributed by atoms with Gasteiger partial charge in [0.2, 0.25) is 5.91 Å². The van der Waals surface area contributed by atoms with Crippen LogP contribution in [0, 0.1) is 5.92 Å². The quantitative estimate of drug-likeness (QED) is 0.715. The third kappa shape index (κ3) is 5.13. The molecule has 170 valence electrons. The van der Waals surface area contributed by atoms with Gasteiger partial charge in [-0.1, -0.05) is 24.3 Å². The smallest absolute Gasteiger partial charge is 0.253 e. The van der Waals surface area contributed by atoms with Gasteiger partial charge in [-0.3, -0.25) is 9.59 Å². The van der Waals surface area contributed by atoms with Crippen LogP contribution in [0.5, 0.6) is 5.75 Å². The van der Waals surface area contributed by atoms with Gasteiger partial charge in [-0.2, -0.15) is 0 Å². The average Bonchev–Trinajstić information content (AvgIpc) is 3.51. The molecule has 1 saturated heterocycles. The van der Waals surface area contributed by atoms with E-state index in [1.165, 1.54) is 0 Å². The number of nitrogens with zero attached hydrogens (tertiary/aromatic N) is 1. The Kier molecular flexibility index (Phi) is 7.10. The zero-order chi connectivity index (χ0) is 22.5. The molecule has 2 amide bonds. The molecular weight excluding hydrogens is 404 g/mol. The summed E-state index contributed by atoms with van der Waals surface area (Å²) in [4.78, 5) is 26.9. The van der Waals surface area contributed by atoms with Crippen molar-refractivity contribution in [1.82, 2.24) is 10.2 Å². The highest BCUT2D eigenvalue weighted by Crippen LogP contribution is 2.30. The third-order valence-corrected chi connectivity index (χ3v) is 6.50. The number of nitrogens with one attached hydrogen (secondary N) is 1. The van der Waals surface area contributed by atoms with Crippen LogP contribution in [0.15, 0.2) is 48.5 Å². The van der Waals surface area contributed by atoms with Crippen molar-refractivity contribution in [3.63, 3.8) is 0 Å². The molecule has 0 spiro atoms. The standard InChI is InChI=1S/C26H32N2O4/c1-3-27-25(29)21-8-11-22(16-21)28(2)26(30)20-6-4-18(5-7-20)19-9-12-23(13-10-19)32-24-14-15-31-17-24/h4-7,9-10,12-13,21-22,24H,3,8,11,14-17H2,1-2H3,(H,27,29). The molecule has 1 heterocycles. The molecule has 2 aliphatic rings. The van der Waals surface area contributed by atoms with Crippen molar-refractivity contribution in [2.45, 2.75) is 44.8 Å². The maximum Gasteiger partial charge on any atom is 0.253 e. The number of hydrogen-bond donors (Lipinski definition) is 1. The molecule has 1 aliphatic heterocycles. The van der Waals surface area contributed by atoms with Crippen LogP contribution in [0.1, 0.15) is 43.0 Å². The van der Waals surface area contributed by atoms with E-state index in [-0.39, 0.29) is 29.9 Å². The van der Waals surface area contributed by atoms with Gasteiger partial charge in [0, 0.05) is 37.5 Å². The molecule has 2 aromatic carbocycles. The Labute approximate surface area is 189 Å². The monoisotopic (exact) mass is 436 g/mol. The fourth-order valence-corrected chi connectivity index (χ4v) is 4.57. The summed E-state index contributed by atoms with van der Waals surface area (Å²) in [6.45, 7) is 3.99. The minimum absolute atomic E-state index is 0.000583. The van der Waals surface area contributed by atoms with Gasteiger partial charge in [0.05, 0.1) is 13.2 Å². The second-order valence-corrected chi connectivity index (χ2v) is 8.68. The molecule has 3 atom stereocenters. The van der Waals surface area contributed by atoms with Crippen LogP contribution in [0.4, 0.5) is 0 Å². The van der Waals surface area contributed by atoms with Crippen molar-refractivity contribution in [2.24, 2.45) is 5.92 Å². The highest BCUT2D eigenvalue weighted by molar-refractivity contribution is 5.95. The summed E-state index contributed by atoms with van der Waals surface area (Å²) in [7, 11) is 1.84. The lowest BCUT2D eigenvalue weighted by Gasteiger charge is -2.25. The predicted molar refractivity (Wildman–Crippen MR) is 124 cm³/mol. The zero-order valence-electron chi connectivity index (χ0n) is 18.9. The first kappa shape index (κ1) is 22.3. The van der Waals surface area contributed by atoms with Crippen LogP contribution in [-0.4, -0.2) is 55.7 Å². The second-order valence-electron chi connectivity index (χ2n) is 8.68. The molecule has 4 rings (SSSR count). The van der Waals surface area contributed by atoms with Crippen molar-refractivity contribution in [3.05, 3.63) is 54.1 Å². The van der Waals surface area contributed by atoms with E-state index in [9.17, 15) is 9.59 Å². The maximum atomic E-state index is 13.0. The first-order valence-corrected chi connectivity index (χ1v) is 11.5. The molecule has 1 aliphatic carbocycles. The number of rotatable bonds is 7. The van der Waals surface area contributed by atoms with Crippen LogP contribution in [0.2, 0.25) is 0 Å². The molecule has 3 unspecified atom stereocenters. The van der Waals surface area contributed by atoms with Crippen molar-refractivity contribution >= 4 is 11.8 Å². The van der Waals surface area contributed by atoms with E-state index in [2.05, 4.69) is 5.32 Å². The Morgan fingerprint density at radius 3 is 2.34 bits per heavy atom. The van der Waals surface area contributed by atoms with Crippen molar-refractivity contribution < 1.29 is 19.1 Å². The summed E-state index contributed by atoms with van der Waals surface area (Å²) < 4.78 is 11.3. The largest absolute Gasteiger partial charge is 0.488 e. The Hall–Kier alpha value is -2.86. The fourth-order valence-electron chi connectivity index (χ4n) is 4.57. The van der Waals surface area contributed by atoms with Gasteiger partial charge in [-0.15, -0.1) is 0 Å². The van der Waals surface area contributed by atoms with Crippen molar-refractivity contribution in [2.75, 3.05) is 26.8 Å². The first-order chi connectivity index (χ1) is 15.5. The summed E-state index contributed by atoms with van der Waals surface area (Å²) in [6, 6.07) is 15.9. The number of amides is 2. The van der Waals surface area contributed by atoms with Crippen molar-refractivity contribution in [1.29, 1.82) is 0 Å². The highest BCUT2D eigenvalue weighted by Gasteiger charge is 2.33. The topological polar surface area (TPSA) is 67.9 Å². The van der Waals surface area contributed by atoms with Crippen molar-refractivity contribution in [3.8, 4) is 16.9 Å². The number of hydrogen-bond acceptors (Lipinski definition) is 4. The third-order valence-electron chi connectivity index (χ3n) is 6.50. The van der Waals surface area contributed by atoms with Crippen LogP contribution in [0.3, 0.4) is 0 Å². The lowest BCUT2D eigenvalue weighted by Crippen LogP contribution is -2.36. The maximum absolute atomic E-state index is 13.0. The van der Waals surface area contributed by atoms with Gasteiger partial charge in [0.25, 0.3) is 5.91 Å². The Morgan fingerprint density at radius 2 is 1.72 bits per heavy atom. The summed E-state index contributed by atoms with van der Waals surface area (Å²) >= 11 is 0. The van der Waals surface area contributed by atoms with Gasteiger partial charge in [-0.05, 0) is 61.6 Å². The minimum Gasteiger partial charge on any atom is -0.488 e. The lowest BCUT2D eigenvalue weighted by atomic mass is 10.0. The molecular formula is C26H32N2O4. The van der Waals surface area contributed by atoms with E-state index in [1.54, 1.807) is 4.90 Å². The van der Waals surface area contributed by atoms with Crippen LogP contribution in [-0.2, 0) is 9.53 Å². The summed E-state index contributed by atoms with van der Waals surface area (Å²) in [6.07, 6.45) is 3.50. The van der Waals surface area contributed by atoms with E-state index >= 15 is 0 Å². The summed E-state index contributed by atoms with van der Waals surface area (Å²) in [5.74, 6) is 0.958. The normalized spacial score (nSPS) is 22.5. The van der Waals surface area contributed by atoms with Crippen LogP contribution < -0.4 is 10.1 Å². The molecule has 32 heavy (non-hydrogen) atoms. The van der Waals surface area contributed by atoms with E-state index in [1.807, 2.05) is 62.5 Å². The van der Waals surface area contributed by atoms with E-state index < -0.39 is 0 Å². The van der Waals surface area contributed by atoms with Crippen LogP contribution >= 0.6 is 0 Å². The van der Waals surface area contributed by atoms with Gasteiger partial charge in [0.15, 0.2) is 0 Å². The van der Waals surface area contributed by atoms with E-state index in [0.717, 1.165) is 49.2 Å². The first-order valence-electron chi connectivity index (χ1n) is 11.5. The molecule has 0 bridgehead atoms. The summed E-state index contributed by atoms with van der Waals surface area (Å²) in [5.41, 5.74) is 2.80. The zero-order valence-corrected chi connectivity index (χ0v) is 18.9. The average molecular weight is 437 g/mol. The minimum atomic E-state index is 0.000583. The number of carbonyl (C=O) groups excluding carboxylic acids is 2. The fraction of sp³-hybridized carbons (Fsp3) is 0.462. The molecule has 2 fully saturated rings. The molecule has 0 aromatic heterocycles. The molecule has 6 heteroatoms. The van der Waals surface area contributed by atoms with E-state index in [0.29, 0.717) is 18.7 Å². The summed E-state index contributed by atoms with van der Waals surface area (Å²) in [5, 5.41) is 2.90. The lowest BCUT2D eigenvalue weighted by molar-refractivity contribution is -0.124. The van der Waals surface area contributed by atoms with Gasteiger partial charge in [0.1, 0.15) is 11.9 Å². The second kappa shape index (κ2) is 10.2. The molecule has 1 saturated carbocycles. The number of benzene rings is 2. The number of ether oxygens (including phenoxy) is 2. The SMILES string of the molecule is CCNC(=O)C1CCC(N(C)C(=O)c2ccc(-c3ccc(OC4CCOC4)cc3)cc2)C1. The van der Waals surface area contributed by atoms with Gasteiger partial charge >= 0.3 is 0 Å². The van der Waals surface area contributed by atoms with Crippen LogP contribution in [0.25, 0.3) is 11.1 Å². The number of carbonyl (C=O) groups is 2. The van der Waals surface area contributed by atoms with Gasteiger partial charge in [-0.25, -0.2) is 0 Å². The molecule has 6 nitrogen and oxygen atoms in total. The molecule has 1 N–H and O–H groups in total. The Morgan fingerprint density at radius 1 is 1.03 bits per heavy atom.